The minimum atomic E-state index is -1.06. The Bertz CT molecular complexity index is 93.4. The van der Waals surface area contributed by atoms with Gasteiger partial charge in [-0.1, -0.05) is 19.6 Å². The fourth-order valence-electron chi connectivity index (χ4n) is 1.01. The molecule has 1 nitrogen and oxygen atoms in total. The topological polar surface area (TPSA) is 3.24 Å². The highest BCUT2D eigenvalue weighted by Crippen LogP contribution is 2.18. The van der Waals surface area contributed by atoms with Gasteiger partial charge in [0.1, 0.15) is 8.24 Å². The van der Waals surface area contributed by atoms with Gasteiger partial charge in [0.15, 0.2) is 0 Å². The van der Waals surface area contributed by atoms with Crippen molar-refractivity contribution in [1.29, 1.82) is 0 Å². The summed E-state index contributed by atoms with van der Waals surface area (Å²) in [5, 5.41) is 0. The number of rotatable bonds is 1. The van der Waals surface area contributed by atoms with Crippen LogP contribution in [-0.4, -0.2) is 25.4 Å². The van der Waals surface area contributed by atoms with Gasteiger partial charge in [-0.15, -0.1) is 0 Å². The van der Waals surface area contributed by atoms with Crippen molar-refractivity contribution in [3.05, 3.63) is 0 Å². The fourth-order valence-corrected chi connectivity index (χ4v) is 3.02. The molecule has 0 atom stereocenters. The lowest BCUT2D eigenvalue weighted by molar-refractivity contribution is 0.286. The zero-order valence-electron chi connectivity index (χ0n) is 8.45. The lowest BCUT2D eigenvalue weighted by atomic mass is 10.1. The molecule has 0 aliphatic heterocycles. The number of hydrogen-bond acceptors (Lipinski definition) is 1. The Hall–Kier alpha value is 0.177. The molecule has 0 saturated heterocycles. The maximum atomic E-state index is 2.51. The van der Waals surface area contributed by atoms with Gasteiger partial charge < -0.3 is 4.57 Å². The second kappa shape index (κ2) is 2.66. The lowest BCUT2D eigenvalue weighted by Crippen LogP contribution is -2.53. The minimum Gasteiger partial charge on any atom is -0.322 e. The zero-order chi connectivity index (χ0) is 8.58. The summed E-state index contributed by atoms with van der Waals surface area (Å²) < 4.78 is 2.51. The minimum absolute atomic E-state index is 0.338. The summed E-state index contributed by atoms with van der Waals surface area (Å²) in [5.41, 5.74) is 0.338. The van der Waals surface area contributed by atoms with E-state index in [0.717, 1.165) is 0 Å². The van der Waals surface area contributed by atoms with E-state index in [1.54, 1.807) is 0 Å². The van der Waals surface area contributed by atoms with E-state index in [-0.39, 0.29) is 0 Å². The van der Waals surface area contributed by atoms with Crippen molar-refractivity contribution < 1.29 is 0 Å². The summed E-state index contributed by atoms with van der Waals surface area (Å²) in [6.45, 7) is 13.9. The summed E-state index contributed by atoms with van der Waals surface area (Å²) in [6, 6.07) is 0. The molecule has 10 heavy (non-hydrogen) atoms. The van der Waals surface area contributed by atoms with Gasteiger partial charge in [-0.25, -0.2) is 0 Å². The molecule has 0 aromatic rings. The van der Waals surface area contributed by atoms with E-state index in [2.05, 4.69) is 52.0 Å². The molecule has 0 heterocycles. The van der Waals surface area contributed by atoms with E-state index in [1.807, 2.05) is 0 Å². The standard InChI is InChI=1S/C8H21NSi/c1-8(2,3)9(4)10(5,6)7/h1-7H3. The predicted octanol–water partition coefficient (Wildman–Crippen LogP) is 2.55. The normalized spacial score (nSPS) is 14.4. The van der Waals surface area contributed by atoms with E-state index in [1.165, 1.54) is 0 Å². The van der Waals surface area contributed by atoms with Crippen LogP contribution >= 0.6 is 0 Å². The molecule has 0 aromatic carbocycles. The first-order valence-corrected chi connectivity index (χ1v) is 7.34. The molecule has 0 radical (unpaired) electrons. The van der Waals surface area contributed by atoms with Crippen molar-refractivity contribution in [2.24, 2.45) is 0 Å². The first kappa shape index (κ1) is 10.2. The van der Waals surface area contributed by atoms with Crippen LogP contribution in [0.15, 0.2) is 0 Å². The molecule has 0 rings (SSSR count). The molecule has 0 unspecified atom stereocenters. The third-order valence-corrected chi connectivity index (χ3v) is 4.70. The average molecular weight is 159 g/mol. The van der Waals surface area contributed by atoms with Gasteiger partial charge in [0.05, 0.1) is 0 Å². The Morgan fingerprint density at radius 2 is 1.30 bits per heavy atom. The second-order valence-corrected chi connectivity index (χ2v) is 9.91. The number of nitrogens with zero attached hydrogens (tertiary/aromatic N) is 1. The van der Waals surface area contributed by atoms with E-state index in [4.69, 9.17) is 0 Å². The van der Waals surface area contributed by atoms with E-state index < -0.39 is 8.24 Å². The summed E-state index contributed by atoms with van der Waals surface area (Å²) >= 11 is 0. The van der Waals surface area contributed by atoms with Crippen molar-refractivity contribution in [1.82, 2.24) is 4.57 Å². The van der Waals surface area contributed by atoms with Crippen LogP contribution in [-0.2, 0) is 0 Å². The van der Waals surface area contributed by atoms with Crippen molar-refractivity contribution in [2.75, 3.05) is 7.05 Å². The molecule has 0 N–H and O–H groups in total. The highest BCUT2D eigenvalue weighted by atomic mass is 28.3. The van der Waals surface area contributed by atoms with Crippen LogP contribution in [0.25, 0.3) is 0 Å². The second-order valence-electron chi connectivity index (χ2n) is 4.90. The molecule has 0 amide bonds. The Balaban J connectivity index is 4.23. The van der Waals surface area contributed by atoms with Gasteiger partial charge in [-0.3, -0.25) is 0 Å². The molecule has 0 saturated carbocycles. The third kappa shape index (κ3) is 2.84. The summed E-state index contributed by atoms with van der Waals surface area (Å²) in [5.74, 6) is 0. The Labute approximate surface area is 66.5 Å². The van der Waals surface area contributed by atoms with Crippen molar-refractivity contribution >= 4 is 8.24 Å². The highest BCUT2D eigenvalue weighted by molar-refractivity contribution is 6.73. The van der Waals surface area contributed by atoms with Crippen LogP contribution in [0, 0.1) is 0 Å². The Morgan fingerprint density at radius 1 is 1.00 bits per heavy atom. The van der Waals surface area contributed by atoms with Crippen LogP contribution in [0.4, 0.5) is 0 Å². The lowest BCUT2D eigenvalue weighted by Gasteiger charge is -2.41. The van der Waals surface area contributed by atoms with Crippen LogP contribution in [0.2, 0.25) is 19.6 Å². The predicted molar refractivity (Wildman–Crippen MR) is 50.9 cm³/mol. The first-order valence-electron chi connectivity index (χ1n) is 3.89. The quantitative estimate of drug-likeness (QED) is 0.532. The van der Waals surface area contributed by atoms with E-state index >= 15 is 0 Å². The monoisotopic (exact) mass is 159 g/mol. The molecule has 0 aromatic heterocycles. The largest absolute Gasteiger partial charge is 0.322 e. The van der Waals surface area contributed by atoms with Gasteiger partial charge in [-0.05, 0) is 27.8 Å². The van der Waals surface area contributed by atoms with Crippen LogP contribution < -0.4 is 0 Å². The summed E-state index contributed by atoms with van der Waals surface area (Å²) in [6.07, 6.45) is 0. The SMILES string of the molecule is CN(C(C)(C)C)[Si](C)(C)C. The molecular weight excluding hydrogens is 138 g/mol. The summed E-state index contributed by atoms with van der Waals surface area (Å²) in [4.78, 5) is 0. The van der Waals surface area contributed by atoms with E-state index in [0.29, 0.717) is 5.54 Å². The molecule has 0 spiro atoms. The molecule has 2 heteroatoms. The van der Waals surface area contributed by atoms with Crippen molar-refractivity contribution in [3.8, 4) is 0 Å². The molecule has 0 aliphatic carbocycles. The van der Waals surface area contributed by atoms with Crippen LogP contribution in [0.1, 0.15) is 20.8 Å². The maximum Gasteiger partial charge on any atom is 0.119 e. The molecule has 62 valence electrons. The van der Waals surface area contributed by atoms with Gasteiger partial charge in [0.25, 0.3) is 0 Å². The highest BCUT2D eigenvalue weighted by Gasteiger charge is 2.28. The van der Waals surface area contributed by atoms with Crippen LogP contribution in [0.3, 0.4) is 0 Å². The average Bonchev–Trinajstić information content (AvgIpc) is 1.59. The van der Waals surface area contributed by atoms with Gasteiger partial charge in [0.2, 0.25) is 0 Å². The van der Waals surface area contributed by atoms with Crippen LogP contribution in [0.5, 0.6) is 0 Å². The Kier molecular flexibility index (Phi) is 2.71. The molecule has 0 bridgehead atoms. The van der Waals surface area contributed by atoms with E-state index in [9.17, 15) is 0 Å². The smallest absolute Gasteiger partial charge is 0.119 e. The molecular formula is C8H21NSi. The summed E-state index contributed by atoms with van der Waals surface area (Å²) in [7, 11) is 1.17. The number of hydrogen-bond donors (Lipinski definition) is 0. The first-order chi connectivity index (χ1) is 4.15. The Morgan fingerprint density at radius 3 is 1.30 bits per heavy atom. The maximum absolute atomic E-state index is 2.51. The molecule has 0 fully saturated rings. The zero-order valence-corrected chi connectivity index (χ0v) is 9.45. The third-order valence-electron chi connectivity index (χ3n) is 2.01. The van der Waals surface area contributed by atoms with Crippen molar-refractivity contribution in [2.45, 2.75) is 46.0 Å². The van der Waals surface area contributed by atoms with Gasteiger partial charge in [-0.2, -0.15) is 0 Å². The van der Waals surface area contributed by atoms with Gasteiger partial charge >= 0.3 is 0 Å². The van der Waals surface area contributed by atoms with Gasteiger partial charge in [0, 0.05) is 5.54 Å². The van der Waals surface area contributed by atoms with Crippen molar-refractivity contribution in [3.63, 3.8) is 0 Å². The molecule has 0 aliphatic rings. The fraction of sp³-hybridized carbons (Fsp3) is 1.00.